The largest absolute Gasteiger partial charge is 0.342 e. The summed E-state index contributed by atoms with van der Waals surface area (Å²) in [4.78, 5) is 11.7. The molecule has 0 amide bonds. The molecule has 5 nitrogen and oxygen atoms in total. The van der Waals surface area contributed by atoms with Crippen LogP contribution in [0.2, 0.25) is 0 Å². The van der Waals surface area contributed by atoms with Crippen molar-refractivity contribution in [1.29, 1.82) is 0 Å². The van der Waals surface area contributed by atoms with Gasteiger partial charge in [-0.05, 0) is 6.07 Å². The number of rotatable bonds is 1. The van der Waals surface area contributed by atoms with Crippen LogP contribution < -0.4 is 11.3 Å². The first-order valence-electron chi connectivity index (χ1n) is 4.58. The summed E-state index contributed by atoms with van der Waals surface area (Å²) in [5.74, 6) is 6.02. The molecular weight excluding hydrogens is 190 g/mol. The Morgan fingerprint density at radius 1 is 1.27 bits per heavy atom. The molecule has 0 saturated carbocycles. The first kappa shape index (κ1) is 8.19. The Morgan fingerprint density at radius 2 is 2.13 bits per heavy atom. The summed E-state index contributed by atoms with van der Waals surface area (Å²) in [5, 5.41) is 1.02. The van der Waals surface area contributed by atoms with Crippen molar-refractivity contribution >= 4 is 27.8 Å². The van der Waals surface area contributed by atoms with Crippen LogP contribution in [0.15, 0.2) is 30.6 Å². The number of aromatic nitrogens is 3. The molecule has 0 spiro atoms. The molecule has 0 radical (unpaired) electrons. The molecule has 74 valence electrons. The van der Waals surface area contributed by atoms with Gasteiger partial charge in [-0.25, -0.2) is 15.8 Å². The summed E-state index contributed by atoms with van der Waals surface area (Å²) in [5.41, 5.74) is 5.16. The summed E-state index contributed by atoms with van der Waals surface area (Å²) < 4.78 is 0. The molecule has 2 heterocycles. The Labute approximate surface area is 85.3 Å². The third kappa shape index (κ3) is 1.07. The van der Waals surface area contributed by atoms with E-state index in [4.69, 9.17) is 5.84 Å². The van der Waals surface area contributed by atoms with E-state index in [2.05, 4.69) is 20.4 Å². The molecule has 2 aromatic heterocycles. The predicted octanol–water partition coefficient (Wildman–Crippen LogP) is 1.40. The topological polar surface area (TPSA) is 79.6 Å². The molecule has 5 heteroatoms. The zero-order valence-electron chi connectivity index (χ0n) is 7.86. The highest BCUT2D eigenvalue weighted by atomic mass is 15.3. The van der Waals surface area contributed by atoms with E-state index in [9.17, 15) is 0 Å². The molecule has 1 aromatic carbocycles. The van der Waals surface area contributed by atoms with Gasteiger partial charge in [0.05, 0.1) is 11.8 Å². The highest BCUT2D eigenvalue weighted by Gasteiger charge is 2.08. The lowest BCUT2D eigenvalue weighted by Crippen LogP contribution is -2.09. The average Bonchev–Trinajstić information content (AvgIpc) is 2.77. The van der Waals surface area contributed by atoms with Crippen LogP contribution in [0, 0.1) is 0 Å². The van der Waals surface area contributed by atoms with E-state index in [1.165, 1.54) is 0 Å². The van der Waals surface area contributed by atoms with E-state index in [1.807, 2.05) is 24.3 Å². The average molecular weight is 199 g/mol. The standard InChI is InChI=1S/C10H9N5/c11-15-10-9-8(12-5-13-9)6-3-1-2-4-7(6)14-10/h1-5H,11H2,(H,12,13)(H,14,15). The number of hydrogen-bond donors (Lipinski definition) is 3. The number of nitrogens with two attached hydrogens (primary N) is 1. The molecule has 0 aliphatic carbocycles. The third-order valence-corrected chi connectivity index (χ3v) is 2.40. The molecule has 0 atom stereocenters. The minimum Gasteiger partial charge on any atom is -0.342 e. The lowest BCUT2D eigenvalue weighted by molar-refractivity contribution is 1.27. The van der Waals surface area contributed by atoms with Crippen LogP contribution in [0.5, 0.6) is 0 Å². The molecule has 0 bridgehead atoms. The highest BCUT2D eigenvalue weighted by molar-refractivity contribution is 6.06. The highest BCUT2D eigenvalue weighted by Crippen LogP contribution is 2.25. The monoisotopic (exact) mass is 199 g/mol. The second kappa shape index (κ2) is 2.93. The Morgan fingerprint density at radius 3 is 3.00 bits per heavy atom. The summed E-state index contributed by atoms with van der Waals surface area (Å²) in [6.45, 7) is 0. The van der Waals surface area contributed by atoms with Gasteiger partial charge >= 0.3 is 0 Å². The first-order valence-corrected chi connectivity index (χ1v) is 4.58. The maximum Gasteiger partial charge on any atom is 0.166 e. The van der Waals surface area contributed by atoms with Crippen molar-refractivity contribution in [2.75, 3.05) is 5.43 Å². The van der Waals surface area contributed by atoms with E-state index >= 15 is 0 Å². The van der Waals surface area contributed by atoms with Gasteiger partial charge in [-0.3, -0.25) is 0 Å². The van der Waals surface area contributed by atoms with Crippen molar-refractivity contribution < 1.29 is 0 Å². The van der Waals surface area contributed by atoms with Gasteiger partial charge in [-0.15, -0.1) is 0 Å². The van der Waals surface area contributed by atoms with Gasteiger partial charge in [-0.1, -0.05) is 18.2 Å². The first-order chi connectivity index (χ1) is 7.40. The number of para-hydroxylation sites is 1. The lowest BCUT2D eigenvalue weighted by Gasteiger charge is -2.03. The van der Waals surface area contributed by atoms with E-state index in [0.29, 0.717) is 5.82 Å². The minimum atomic E-state index is 0.612. The second-order valence-corrected chi connectivity index (χ2v) is 3.25. The Kier molecular flexibility index (Phi) is 1.60. The molecule has 0 unspecified atom stereocenters. The van der Waals surface area contributed by atoms with Crippen LogP contribution in [0.25, 0.3) is 21.9 Å². The molecule has 0 fully saturated rings. The lowest BCUT2D eigenvalue weighted by atomic mass is 10.2. The zero-order valence-corrected chi connectivity index (χ0v) is 7.86. The number of H-pyrrole nitrogens is 1. The van der Waals surface area contributed by atoms with Gasteiger partial charge in [0.1, 0.15) is 11.0 Å². The third-order valence-electron chi connectivity index (χ3n) is 2.40. The van der Waals surface area contributed by atoms with Gasteiger partial charge in [-0.2, -0.15) is 0 Å². The van der Waals surface area contributed by atoms with Gasteiger partial charge in [0.2, 0.25) is 0 Å². The molecule has 0 aliphatic heterocycles. The summed E-state index contributed by atoms with van der Waals surface area (Å²) in [6, 6.07) is 7.83. The van der Waals surface area contributed by atoms with Crippen LogP contribution in [-0.4, -0.2) is 15.0 Å². The maximum atomic E-state index is 5.41. The van der Waals surface area contributed by atoms with Crippen molar-refractivity contribution in [3.63, 3.8) is 0 Å². The fourth-order valence-corrected chi connectivity index (χ4v) is 1.73. The van der Waals surface area contributed by atoms with Crippen LogP contribution in [-0.2, 0) is 0 Å². The number of fused-ring (bicyclic) bond motifs is 3. The molecule has 0 aliphatic rings. The molecular formula is C10H9N5. The van der Waals surface area contributed by atoms with Gasteiger partial charge in [0.25, 0.3) is 0 Å². The number of nitrogens with one attached hydrogen (secondary N) is 2. The van der Waals surface area contributed by atoms with Crippen LogP contribution in [0.1, 0.15) is 0 Å². The summed E-state index contributed by atoms with van der Waals surface area (Å²) in [6.07, 6.45) is 1.64. The van der Waals surface area contributed by atoms with E-state index in [0.717, 1.165) is 21.9 Å². The van der Waals surface area contributed by atoms with Crippen molar-refractivity contribution in [3.05, 3.63) is 30.6 Å². The molecule has 15 heavy (non-hydrogen) atoms. The molecule has 3 rings (SSSR count). The molecule has 0 saturated heterocycles. The number of imidazole rings is 1. The number of hydrogen-bond acceptors (Lipinski definition) is 4. The van der Waals surface area contributed by atoms with Gasteiger partial charge in [0, 0.05) is 5.39 Å². The second-order valence-electron chi connectivity index (χ2n) is 3.25. The number of nitrogen functional groups attached to an aromatic ring is 1. The molecule has 3 aromatic rings. The van der Waals surface area contributed by atoms with Crippen molar-refractivity contribution in [1.82, 2.24) is 15.0 Å². The maximum absolute atomic E-state index is 5.41. The zero-order chi connectivity index (χ0) is 10.3. The number of hydrazine groups is 1. The smallest absolute Gasteiger partial charge is 0.166 e. The summed E-state index contributed by atoms with van der Waals surface area (Å²) >= 11 is 0. The van der Waals surface area contributed by atoms with Crippen LogP contribution >= 0.6 is 0 Å². The van der Waals surface area contributed by atoms with Crippen LogP contribution in [0.4, 0.5) is 5.82 Å². The van der Waals surface area contributed by atoms with Gasteiger partial charge < -0.3 is 10.4 Å². The minimum absolute atomic E-state index is 0.612. The van der Waals surface area contributed by atoms with E-state index in [-0.39, 0.29) is 0 Å². The number of nitrogens with zero attached hydrogens (tertiary/aromatic N) is 2. The Balaban J connectivity index is 2.57. The normalized spacial score (nSPS) is 11.0. The summed E-state index contributed by atoms with van der Waals surface area (Å²) in [7, 11) is 0. The fraction of sp³-hybridized carbons (Fsp3) is 0. The number of aromatic amines is 1. The Bertz CT molecular complexity index is 628. The quantitative estimate of drug-likeness (QED) is 0.409. The van der Waals surface area contributed by atoms with Crippen molar-refractivity contribution in [2.45, 2.75) is 0 Å². The van der Waals surface area contributed by atoms with Gasteiger partial charge in [0.15, 0.2) is 5.82 Å². The van der Waals surface area contributed by atoms with Crippen LogP contribution in [0.3, 0.4) is 0 Å². The van der Waals surface area contributed by atoms with E-state index in [1.54, 1.807) is 6.33 Å². The number of anilines is 1. The Hall–Kier alpha value is -2.14. The number of benzene rings is 1. The molecule has 4 N–H and O–H groups in total. The van der Waals surface area contributed by atoms with Crippen molar-refractivity contribution in [3.8, 4) is 0 Å². The van der Waals surface area contributed by atoms with E-state index < -0.39 is 0 Å². The SMILES string of the molecule is NNc1nc2ccccc2c2nc[nH]c12. The van der Waals surface area contributed by atoms with Crippen molar-refractivity contribution in [2.24, 2.45) is 5.84 Å². The predicted molar refractivity (Wildman–Crippen MR) is 59.2 cm³/mol. The fourth-order valence-electron chi connectivity index (χ4n) is 1.73. The number of pyridine rings is 1.